The fraction of sp³-hybridized carbons (Fsp3) is 0.400. The van der Waals surface area contributed by atoms with Crippen LogP contribution in [0.5, 0.6) is 0 Å². The van der Waals surface area contributed by atoms with Crippen LogP contribution >= 0.6 is 0 Å². The van der Waals surface area contributed by atoms with Crippen molar-refractivity contribution < 1.29 is 31.1 Å². The summed E-state index contributed by atoms with van der Waals surface area (Å²) >= 11 is 0. The molecule has 0 radical (unpaired) electrons. The van der Waals surface area contributed by atoms with Crippen LogP contribution in [0.15, 0.2) is 36.5 Å². The summed E-state index contributed by atoms with van der Waals surface area (Å²) in [6.07, 6.45) is -7.73. The Labute approximate surface area is 178 Å². The van der Waals surface area contributed by atoms with E-state index in [0.717, 1.165) is 18.2 Å². The third-order valence-corrected chi connectivity index (χ3v) is 5.30. The van der Waals surface area contributed by atoms with Crippen LogP contribution in [0.4, 0.5) is 38.1 Å². The minimum atomic E-state index is -4.55. The summed E-state index contributed by atoms with van der Waals surface area (Å²) in [7, 11) is 1.47. The monoisotopic (exact) mass is 459 g/mol. The first-order valence-corrected chi connectivity index (χ1v) is 9.67. The molecule has 1 unspecified atom stereocenters. The van der Waals surface area contributed by atoms with Crippen LogP contribution in [0, 0.1) is 0 Å². The second-order valence-electron chi connectivity index (χ2n) is 7.41. The average molecular weight is 459 g/mol. The number of ether oxygens (including phenoxy) is 1. The van der Waals surface area contributed by atoms with E-state index in [1.165, 1.54) is 30.3 Å². The maximum absolute atomic E-state index is 13.4. The Morgan fingerprint density at radius 1 is 1.09 bits per heavy atom. The lowest BCUT2D eigenvalue weighted by atomic mass is 10.1. The van der Waals surface area contributed by atoms with Gasteiger partial charge in [0, 0.05) is 32.9 Å². The van der Waals surface area contributed by atoms with E-state index in [2.05, 4.69) is 15.0 Å². The molecule has 6 nitrogen and oxygen atoms in total. The van der Waals surface area contributed by atoms with Crippen molar-refractivity contribution in [2.75, 3.05) is 43.2 Å². The van der Waals surface area contributed by atoms with E-state index in [-0.39, 0.29) is 37.6 Å². The van der Waals surface area contributed by atoms with E-state index in [1.54, 1.807) is 4.90 Å². The topological polar surface area (TPSA) is 57.3 Å². The molecule has 1 saturated heterocycles. The molecule has 32 heavy (non-hydrogen) atoms. The molecular weight excluding hydrogens is 440 g/mol. The van der Waals surface area contributed by atoms with Crippen LogP contribution in [0.1, 0.15) is 11.1 Å². The molecule has 12 heteroatoms. The molecule has 1 atom stereocenters. The molecular formula is C20H19F6N5O. The van der Waals surface area contributed by atoms with Crippen molar-refractivity contribution in [1.29, 1.82) is 0 Å². The van der Waals surface area contributed by atoms with Crippen molar-refractivity contribution in [2.24, 2.45) is 0 Å². The highest BCUT2D eigenvalue weighted by atomic mass is 19.4. The van der Waals surface area contributed by atoms with Crippen LogP contribution < -0.4 is 9.80 Å². The van der Waals surface area contributed by atoms with Gasteiger partial charge in [0.05, 0.1) is 34.8 Å². The van der Waals surface area contributed by atoms with Gasteiger partial charge in [-0.3, -0.25) is 0 Å². The lowest BCUT2D eigenvalue weighted by Crippen LogP contribution is -2.56. The Morgan fingerprint density at radius 2 is 1.88 bits per heavy atom. The smallest absolute Gasteiger partial charge is 0.382 e. The number of piperazine rings is 1. The fourth-order valence-corrected chi connectivity index (χ4v) is 3.84. The van der Waals surface area contributed by atoms with Crippen LogP contribution in [0.3, 0.4) is 0 Å². The van der Waals surface area contributed by atoms with Crippen molar-refractivity contribution in [2.45, 2.75) is 18.4 Å². The second-order valence-corrected chi connectivity index (χ2v) is 7.41. The van der Waals surface area contributed by atoms with Gasteiger partial charge in [-0.15, -0.1) is 0 Å². The first kappa shape index (κ1) is 22.2. The predicted octanol–water partition coefficient (Wildman–Crippen LogP) is 4.34. The molecule has 1 N–H and O–H groups in total. The zero-order chi connectivity index (χ0) is 23.1. The number of imidazole rings is 1. The average Bonchev–Trinajstić information content (AvgIpc) is 3.16. The number of fused-ring (bicyclic) bond motifs is 1. The molecule has 3 heterocycles. The summed E-state index contributed by atoms with van der Waals surface area (Å²) in [5, 5.41) is 0. The molecule has 1 fully saturated rings. The highest BCUT2D eigenvalue weighted by molar-refractivity contribution is 5.78. The molecule has 0 spiro atoms. The maximum atomic E-state index is 13.4. The van der Waals surface area contributed by atoms with Gasteiger partial charge in [-0.25, -0.2) is 9.97 Å². The zero-order valence-electron chi connectivity index (χ0n) is 16.8. The fourth-order valence-electron chi connectivity index (χ4n) is 3.84. The Balaban J connectivity index is 1.62. The Hall–Kier alpha value is -3.02. The molecule has 1 aliphatic heterocycles. The lowest BCUT2D eigenvalue weighted by molar-refractivity contribution is -0.138. The number of alkyl halides is 6. The Morgan fingerprint density at radius 3 is 2.56 bits per heavy atom. The van der Waals surface area contributed by atoms with Crippen LogP contribution in [-0.4, -0.2) is 54.3 Å². The third kappa shape index (κ3) is 4.31. The Bertz CT molecular complexity index is 1100. The number of methoxy groups -OCH3 is 1. The lowest BCUT2D eigenvalue weighted by Gasteiger charge is -2.42. The summed E-state index contributed by atoms with van der Waals surface area (Å²) in [6, 6.07) is 5.05. The number of hydrogen-bond acceptors (Lipinski definition) is 5. The Kier molecular flexibility index (Phi) is 5.65. The van der Waals surface area contributed by atoms with Gasteiger partial charge in [0.1, 0.15) is 5.82 Å². The van der Waals surface area contributed by atoms with E-state index in [0.29, 0.717) is 11.5 Å². The molecule has 0 aliphatic carbocycles. The minimum Gasteiger partial charge on any atom is -0.382 e. The number of aromatic nitrogens is 3. The van der Waals surface area contributed by atoms with Gasteiger partial charge in [-0.1, -0.05) is 0 Å². The van der Waals surface area contributed by atoms with Gasteiger partial charge >= 0.3 is 12.4 Å². The largest absolute Gasteiger partial charge is 0.419 e. The molecule has 0 bridgehead atoms. The van der Waals surface area contributed by atoms with E-state index >= 15 is 0 Å². The molecule has 172 valence electrons. The molecule has 0 amide bonds. The van der Waals surface area contributed by atoms with Gasteiger partial charge in [-0.05, 0) is 30.3 Å². The van der Waals surface area contributed by atoms with Crippen molar-refractivity contribution in [1.82, 2.24) is 15.0 Å². The summed E-state index contributed by atoms with van der Waals surface area (Å²) < 4.78 is 84.5. The third-order valence-electron chi connectivity index (χ3n) is 5.30. The predicted molar refractivity (Wildman–Crippen MR) is 106 cm³/mol. The summed E-state index contributed by atoms with van der Waals surface area (Å²) in [6.45, 7) is 0.827. The molecule has 1 aliphatic rings. The van der Waals surface area contributed by atoms with Crippen LogP contribution in [0.2, 0.25) is 0 Å². The number of halogens is 6. The van der Waals surface area contributed by atoms with E-state index in [9.17, 15) is 26.3 Å². The highest BCUT2D eigenvalue weighted by Gasteiger charge is 2.38. The number of pyridine rings is 1. The SMILES string of the molecule is COCC1CN(c2ncccc2C(F)(F)F)CCN1c1nc2cc(C(F)(F)F)ccc2[nH]1. The van der Waals surface area contributed by atoms with Gasteiger partial charge in [0.25, 0.3) is 0 Å². The molecule has 1 aromatic carbocycles. The zero-order valence-corrected chi connectivity index (χ0v) is 16.8. The highest BCUT2D eigenvalue weighted by Crippen LogP contribution is 2.36. The van der Waals surface area contributed by atoms with Gasteiger partial charge in [0.15, 0.2) is 0 Å². The quantitative estimate of drug-likeness (QED) is 0.589. The van der Waals surface area contributed by atoms with Crippen molar-refractivity contribution in [3.63, 3.8) is 0 Å². The molecule has 4 rings (SSSR count). The molecule has 2 aromatic heterocycles. The van der Waals surface area contributed by atoms with Crippen LogP contribution in [0.25, 0.3) is 11.0 Å². The molecule has 0 saturated carbocycles. The number of rotatable bonds is 4. The normalized spacial score (nSPS) is 17.9. The first-order valence-electron chi connectivity index (χ1n) is 9.67. The number of nitrogens with one attached hydrogen (secondary N) is 1. The van der Waals surface area contributed by atoms with E-state index in [1.807, 2.05) is 0 Å². The summed E-state index contributed by atoms with van der Waals surface area (Å²) in [5.41, 5.74) is -1.06. The van der Waals surface area contributed by atoms with Gasteiger partial charge in [0.2, 0.25) is 5.95 Å². The summed E-state index contributed by atoms with van der Waals surface area (Å²) in [5.74, 6) is 0.165. The van der Waals surface area contributed by atoms with Gasteiger partial charge in [-0.2, -0.15) is 26.3 Å². The summed E-state index contributed by atoms with van der Waals surface area (Å²) in [4.78, 5) is 14.6. The van der Waals surface area contributed by atoms with Crippen LogP contribution in [-0.2, 0) is 17.1 Å². The van der Waals surface area contributed by atoms with E-state index in [4.69, 9.17) is 4.74 Å². The molecule has 3 aromatic rings. The van der Waals surface area contributed by atoms with Crippen molar-refractivity contribution in [3.05, 3.63) is 47.7 Å². The maximum Gasteiger partial charge on any atom is 0.419 e. The number of benzene rings is 1. The van der Waals surface area contributed by atoms with Gasteiger partial charge < -0.3 is 19.5 Å². The number of hydrogen-bond donors (Lipinski definition) is 1. The second kappa shape index (κ2) is 8.15. The minimum absolute atomic E-state index is 0.150. The van der Waals surface area contributed by atoms with E-state index < -0.39 is 29.5 Å². The van der Waals surface area contributed by atoms with Crippen molar-refractivity contribution >= 4 is 22.8 Å². The number of anilines is 2. The van der Waals surface area contributed by atoms with Crippen molar-refractivity contribution in [3.8, 4) is 0 Å². The first-order chi connectivity index (χ1) is 15.1. The standard InChI is InChI=1S/C20H19F6N5O/c1-32-11-13-10-30(17-14(20(24,25)26)3-2-6-27-17)7-8-31(13)18-28-15-5-4-12(19(21,22)23)9-16(15)29-18/h2-6,9,13H,7-8,10-11H2,1H3,(H,28,29). The number of nitrogens with zero attached hydrogens (tertiary/aromatic N) is 4. The number of aromatic amines is 1. The number of H-pyrrole nitrogens is 1.